The topological polar surface area (TPSA) is 76.1 Å². The molecule has 1 aliphatic rings. The van der Waals surface area contributed by atoms with Gasteiger partial charge in [-0.2, -0.15) is 0 Å². The third-order valence-corrected chi connectivity index (χ3v) is 6.87. The molecule has 0 aliphatic heterocycles. The summed E-state index contributed by atoms with van der Waals surface area (Å²) < 4.78 is 23.4. The van der Waals surface area contributed by atoms with Crippen molar-refractivity contribution in [1.82, 2.24) is 4.98 Å². The van der Waals surface area contributed by atoms with Gasteiger partial charge in [0.25, 0.3) is 0 Å². The summed E-state index contributed by atoms with van der Waals surface area (Å²) in [5.74, 6) is 0.810. The number of nitrogens with one attached hydrogen (secondary N) is 1. The molecule has 2 atom stereocenters. The number of aromatic nitrogens is 1. The number of rotatable bonds is 7. The van der Waals surface area contributed by atoms with Crippen LogP contribution in [0.15, 0.2) is 40.7 Å². The summed E-state index contributed by atoms with van der Waals surface area (Å²) in [6, 6.07) is 6.77. The normalized spacial score (nSPS) is 22.4. The predicted octanol–water partition coefficient (Wildman–Crippen LogP) is 3.88. The van der Waals surface area contributed by atoms with Gasteiger partial charge >= 0.3 is 0 Å². The molecule has 1 heterocycles. The van der Waals surface area contributed by atoms with E-state index in [1.807, 2.05) is 5.38 Å². The molecule has 2 unspecified atom stereocenters. The second kappa shape index (κ2) is 7.12. The molecule has 1 aromatic heterocycles. The highest BCUT2D eigenvalue weighted by molar-refractivity contribution is 7.90. The van der Waals surface area contributed by atoms with E-state index >= 15 is 0 Å². The fourth-order valence-corrected chi connectivity index (χ4v) is 4.62. The first-order valence-electron chi connectivity index (χ1n) is 8.75. The molecular formula is C19H24N2O3S2. The number of anilines is 1. The van der Waals surface area contributed by atoms with Crippen LogP contribution in [-0.2, 0) is 20.0 Å². The summed E-state index contributed by atoms with van der Waals surface area (Å²) >= 11 is 1.39. The maximum Gasteiger partial charge on any atom is 0.237 e. The van der Waals surface area contributed by atoms with Gasteiger partial charge in [-0.1, -0.05) is 32.4 Å². The first kappa shape index (κ1) is 19.0. The molecule has 3 rings (SSSR count). The van der Waals surface area contributed by atoms with Crippen molar-refractivity contribution < 1.29 is 13.2 Å². The van der Waals surface area contributed by atoms with Gasteiger partial charge in [0.15, 0.2) is 15.0 Å². The van der Waals surface area contributed by atoms with Crippen LogP contribution in [0.4, 0.5) is 5.13 Å². The minimum atomic E-state index is -3.25. The van der Waals surface area contributed by atoms with Crippen molar-refractivity contribution in [2.24, 2.45) is 11.8 Å². The van der Waals surface area contributed by atoms with Gasteiger partial charge in [-0.05, 0) is 42.4 Å². The SMILES string of the molecule is CC(C)CCC1CC1(C(=O)Nc1nccs1)c1ccc(S(C)(=O)=O)cc1. The van der Waals surface area contributed by atoms with Crippen molar-refractivity contribution in [1.29, 1.82) is 0 Å². The third kappa shape index (κ3) is 3.83. The Kier molecular flexibility index (Phi) is 5.21. The van der Waals surface area contributed by atoms with E-state index < -0.39 is 15.3 Å². The lowest BCUT2D eigenvalue weighted by Crippen LogP contribution is -2.30. The van der Waals surface area contributed by atoms with E-state index in [1.54, 1.807) is 30.5 Å². The van der Waals surface area contributed by atoms with Crippen LogP contribution in [0.25, 0.3) is 0 Å². The van der Waals surface area contributed by atoms with E-state index in [2.05, 4.69) is 24.1 Å². The van der Waals surface area contributed by atoms with E-state index in [1.165, 1.54) is 17.6 Å². The minimum Gasteiger partial charge on any atom is -0.301 e. The average Bonchev–Trinajstić information content (AvgIpc) is 3.10. The number of benzene rings is 1. The van der Waals surface area contributed by atoms with Gasteiger partial charge in [0.2, 0.25) is 5.91 Å². The molecule has 1 N–H and O–H groups in total. The number of hydrogen-bond donors (Lipinski definition) is 1. The summed E-state index contributed by atoms with van der Waals surface area (Å²) in [4.78, 5) is 17.5. The van der Waals surface area contributed by atoms with Crippen LogP contribution in [0, 0.1) is 11.8 Å². The molecular weight excluding hydrogens is 368 g/mol. The first-order chi connectivity index (χ1) is 12.2. The Morgan fingerprint density at radius 1 is 1.35 bits per heavy atom. The molecule has 1 aliphatic carbocycles. The predicted molar refractivity (Wildman–Crippen MR) is 104 cm³/mol. The van der Waals surface area contributed by atoms with Crippen molar-refractivity contribution in [2.75, 3.05) is 11.6 Å². The number of carbonyl (C=O) groups is 1. The molecule has 1 saturated carbocycles. The number of thiazole rings is 1. The molecule has 0 saturated heterocycles. The quantitative estimate of drug-likeness (QED) is 0.776. The monoisotopic (exact) mass is 392 g/mol. The van der Waals surface area contributed by atoms with Gasteiger partial charge < -0.3 is 5.32 Å². The Morgan fingerprint density at radius 2 is 2.04 bits per heavy atom. The molecule has 7 heteroatoms. The molecule has 26 heavy (non-hydrogen) atoms. The van der Waals surface area contributed by atoms with E-state index in [0.29, 0.717) is 11.0 Å². The Hall–Kier alpha value is -1.73. The summed E-state index contributed by atoms with van der Waals surface area (Å²) in [6.07, 6.45) is 5.69. The van der Waals surface area contributed by atoms with Gasteiger partial charge in [-0.15, -0.1) is 11.3 Å². The highest BCUT2D eigenvalue weighted by Gasteiger charge is 2.60. The second-order valence-corrected chi connectivity index (χ2v) is 10.3. The summed E-state index contributed by atoms with van der Waals surface area (Å²) in [5, 5.41) is 5.36. The molecule has 5 nitrogen and oxygen atoms in total. The number of sulfone groups is 1. The van der Waals surface area contributed by atoms with Crippen LogP contribution in [0.1, 0.15) is 38.7 Å². The highest BCUT2D eigenvalue weighted by Crippen LogP contribution is 2.57. The maximum atomic E-state index is 13.1. The zero-order chi connectivity index (χ0) is 18.9. The number of nitrogens with zero attached hydrogens (tertiary/aromatic N) is 1. The average molecular weight is 393 g/mol. The molecule has 2 aromatic rings. The molecule has 1 fully saturated rings. The van der Waals surface area contributed by atoms with Gasteiger partial charge in [0.1, 0.15) is 0 Å². The van der Waals surface area contributed by atoms with Crippen molar-refractivity contribution in [3.8, 4) is 0 Å². The van der Waals surface area contributed by atoms with E-state index in [-0.39, 0.29) is 16.7 Å². The van der Waals surface area contributed by atoms with Crippen molar-refractivity contribution in [2.45, 2.75) is 43.4 Å². The van der Waals surface area contributed by atoms with Gasteiger partial charge in [0, 0.05) is 17.8 Å². The van der Waals surface area contributed by atoms with Gasteiger partial charge in [-0.25, -0.2) is 13.4 Å². The molecule has 140 valence electrons. The minimum absolute atomic E-state index is 0.0479. The fraction of sp³-hybridized carbons (Fsp3) is 0.474. The lowest BCUT2D eigenvalue weighted by atomic mass is 9.90. The largest absolute Gasteiger partial charge is 0.301 e. The maximum absolute atomic E-state index is 13.1. The van der Waals surface area contributed by atoms with E-state index in [9.17, 15) is 13.2 Å². The van der Waals surface area contributed by atoms with E-state index in [4.69, 9.17) is 0 Å². The zero-order valence-electron chi connectivity index (χ0n) is 15.2. The number of carbonyl (C=O) groups excluding carboxylic acids is 1. The van der Waals surface area contributed by atoms with Crippen LogP contribution >= 0.6 is 11.3 Å². The lowest BCUT2D eigenvalue weighted by molar-refractivity contribution is -0.119. The zero-order valence-corrected chi connectivity index (χ0v) is 16.9. The van der Waals surface area contributed by atoms with Gasteiger partial charge in [0.05, 0.1) is 10.3 Å². The number of hydrogen-bond acceptors (Lipinski definition) is 5. The molecule has 0 spiro atoms. The standard InChI is InChI=1S/C19H24N2O3S2/c1-13(2)4-5-15-12-19(15,17(22)21-18-20-10-11-25-18)14-6-8-16(9-7-14)26(3,23)24/h6-11,13,15H,4-5,12H2,1-3H3,(H,20,21,22). The Labute approximate surface area is 158 Å². The van der Waals surface area contributed by atoms with Crippen LogP contribution < -0.4 is 5.32 Å². The number of amides is 1. The van der Waals surface area contributed by atoms with Crippen molar-refractivity contribution >= 4 is 32.2 Å². The highest BCUT2D eigenvalue weighted by atomic mass is 32.2. The summed E-state index contributed by atoms with van der Waals surface area (Å²) in [5.41, 5.74) is 0.295. The van der Waals surface area contributed by atoms with Crippen LogP contribution in [0.3, 0.4) is 0 Å². The molecule has 1 amide bonds. The summed E-state index contributed by atoms with van der Waals surface area (Å²) in [6.45, 7) is 4.36. The van der Waals surface area contributed by atoms with Crippen LogP contribution in [0.2, 0.25) is 0 Å². The van der Waals surface area contributed by atoms with Gasteiger partial charge in [-0.3, -0.25) is 4.79 Å². The molecule has 1 aromatic carbocycles. The van der Waals surface area contributed by atoms with Crippen molar-refractivity contribution in [3.05, 3.63) is 41.4 Å². The van der Waals surface area contributed by atoms with Crippen molar-refractivity contribution in [3.63, 3.8) is 0 Å². The molecule has 0 bridgehead atoms. The van der Waals surface area contributed by atoms with E-state index in [0.717, 1.165) is 24.8 Å². The fourth-order valence-electron chi connectivity index (χ4n) is 3.47. The Bertz CT molecular complexity index is 874. The Balaban J connectivity index is 1.88. The third-order valence-electron chi connectivity index (χ3n) is 5.05. The van der Waals surface area contributed by atoms with Crippen LogP contribution in [-0.4, -0.2) is 25.6 Å². The lowest BCUT2D eigenvalue weighted by Gasteiger charge is -2.18. The smallest absolute Gasteiger partial charge is 0.237 e. The molecule has 0 radical (unpaired) electrons. The first-order valence-corrected chi connectivity index (χ1v) is 11.5. The summed E-state index contributed by atoms with van der Waals surface area (Å²) in [7, 11) is -3.25. The second-order valence-electron chi connectivity index (χ2n) is 7.43. The Morgan fingerprint density at radius 3 is 2.58 bits per heavy atom. The van der Waals surface area contributed by atoms with Crippen LogP contribution in [0.5, 0.6) is 0 Å².